The largest absolute Gasteiger partial charge is 0.392 e. The Kier molecular flexibility index (Phi) is 4.78. The maximum absolute atomic E-state index is 9.86. The fourth-order valence-electron chi connectivity index (χ4n) is 3.62. The monoisotopic (exact) mass is 305 g/mol. The van der Waals surface area contributed by atoms with Crippen molar-refractivity contribution in [3.05, 3.63) is 12.4 Å². The molecule has 0 aromatic carbocycles. The first kappa shape index (κ1) is 15.5. The van der Waals surface area contributed by atoms with Crippen molar-refractivity contribution < 1.29 is 5.11 Å². The van der Waals surface area contributed by atoms with E-state index in [9.17, 15) is 5.11 Å². The standard InChI is InChI=1S/C16H27N5O/c1-19(2)15-16(18-8-7-17-15)20-10-5-13(6-11-20)21-9-3-4-14(22)12-21/h7-8,13-14,22H,3-6,9-12H2,1-2H3/t14-/m1/s1. The molecule has 1 atom stereocenters. The van der Waals surface area contributed by atoms with Crippen molar-refractivity contribution in [1.29, 1.82) is 0 Å². The van der Waals surface area contributed by atoms with Gasteiger partial charge in [0.15, 0.2) is 11.6 Å². The highest BCUT2D eigenvalue weighted by molar-refractivity contribution is 5.61. The second-order valence-corrected chi connectivity index (χ2v) is 6.61. The summed E-state index contributed by atoms with van der Waals surface area (Å²) in [7, 11) is 4.02. The van der Waals surface area contributed by atoms with Gasteiger partial charge in [0.2, 0.25) is 0 Å². The van der Waals surface area contributed by atoms with Crippen LogP contribution in [-0.2, 0) is 0 Å². The lowest BCUT2D eigenvalue weighted by Gasteiger charge is -2.42. The molecule has 1 aromatic heterocycles. The first-order valence-electron chi connectivity index (χ1n) is 8.30. The maximum Gasteiger partial charge on any atom is 0.171 e. The average Bonchev–Trinajstić information content (AvgIpc) is 2.55. The maximum atomic E-state index is 9.86. The summed E-state index contributed by atoms with van der Waals surface area (Å²) in [5.74, 6) is 1.93. The third-order valence-electron chi connectivity index (χ3n) is 4.79. The van der Waals surface area contributed by atoms with Gasteiger partial charge in [0.25, 0.3) is 0 Å². The lowest BCUT2D eigenvalue weighted by atomic mass is 9.99. The number of rotatable bonds is 3. The van der Waals surface area contributed by atoms with Gasteiger partial charge in [0.05, 0.1) is 6.10 Å². The molecule has 6 heteroatoms. The Morgan fingerprint density at radius 3 is 2.50 bits per heavy atom. The molecular formula is C16H27N5O. The molecule has 0 amide bonds. The summed E-state index contributed by atoms with van der Waals surface area (Å²) < 4.78 is 0. The van der Waals surface area contributed by atoms with Gasteiger partial charge in [-0.25, -0.2) is 9.97 Å². The van der Waals surface area contributed by atoms with Gasteiger partial charge in [-0.2, -0.15) is 0 Å². The summed E-state index contributed by atoms with van der Waals surface area (Å²) in [4.78, 5) is 15.8. The van der Waals surface area contributed by atoms with E-state index >= 15 is 0 Å². The predicted octanol–water partition coefficient (Wildman–Crippen LogP) is 0.968. The van der Waals surface area contributed by atoms with Crippen LogP contribution in [0.2, 0.25) is 0 Å². The van der Waals surface area contributed by atoms with Crippen molar-refractivity contribution in [1.82, 2.24) is 14.9 Å². The van der Waals surface area contributed by atoms with Crippen LogP contribution in [0.15, 0.2) is 12.4 Å². The highest BCUT2D eigenvalue weighted by Gasteiger charge is 2.29. The zero-order chi connectivity index (χ0) is 15.5. The zero-order valence-electron chi connectivity index (χ0n) is 13.6. The van der Waals surface area contributed by atoms with Crippen molar-refractivity contribution in [2.24, 2.45) is 0 Å². The molecule has 2 fully saturated rings. The Balaban J connectivity index is 1.62. The highest BCUT2D eigenvalue weighted by atomic mass is 16.3. The minimum Gasteiger partial charge on any atom is -0.392 e. The summed E-state index contributed by atoms with van der Waals surface area (Å²) >= 11 is 0. The Bertz CT molecular complexity index is 487. The molecule has 0 aliphatic carbocycles. The molecule has 0 unspecified atom stereocenters. The number of piperidine rings is 2. The van der Waals surface area contributed by atoms with Gasteiger partial charge in [-0.05, 0) is 32.2 Å². The molecule has 2 saturated heterocycles. The SMILES string of the molecule is CN(C)c1nccnc1N1CCC(N2CCC[C@@H](O)C2)CC1. The molecule has 1 aromatic rings. The van der Waals surface area contributed by atoms with Gasteiger partial charge in [-0.15, -0.1) is 0 Å². The van der Waals surface area contributed by atoms with Crippen LogP contribution >= 0.6 is 0 Å². The number of nitrogens with zero attached hydrogens (tertiary/aromatic N) is 5. The number of aromatic nitrogens is 2. The second kappa shape index (κ2) is 6.79. The first-order valence-corrected chi connectivity index (χ1v) is 8.30. The van der Waals surface area contributed by atoms with Crippen LogP contribution in [0.1, 0.15) is 25.7 Å². The van der Waals surface area contributed by atoms with Crippen molar-refractivity contribution >= 4 is 11.6 Å². The van der Waals surface area contributed by atoms with Gasteiger partial charge in [0.1, 0.15) is 0 Å². The molecule has 0 spiro atoms. The average molecular weight is 305 g/mol. The van der Waals surface area contributed by atoms with E-state index in [2.05, 4.69) is 19.8 Å². The first-order chi connectivity index (χ1) is 10.6. The Labute approximate surface area is 132 Å². The number of aliphatic hydroxyl groups is 1. The van der Waals surface area contributed by atoms with E-state index in [4.69, 9.17) is 0 Å². The van der Waals surface area contributed by atoms with Gasteiger partial charge in [-0.3, -0.25) is 4.90 Å². The number of hydrogen-bond acceptors (Lipinski definition) is 6. The van der Waals surface area contributed by atoms with Crippen LogP contribution in [0.4, 0.5) is 11.6 Å². The highest BCUT2D eigenvalue weighted by Crippen LogP contribution is 2.28. The molecule has 0 saturated carbocycles. The van der Waals surface area contributed by atoms with E-state index in [0.717, 1.165) is 63.5 Å². The van der Waals surface area contributed by atoms with Crippen molar-refractivity contribution in [3.8, 4) is 0 Å². The van der Waals surface area contributed by atoms with E-state index in [0.29, 0.717) is 6.04 Å². The Hall–Kier alpha value is -1.40. The number of hydrogen-bond donors (Lipinski definition) is 1. The molecular weight excluding hydrogens is 278 g/mol. The fraction of sp³-hybridized carbons (Fsp3) is 0.750. The van der Waals surface area contributed by atoms with E-state index in [-0.39, 0.29) is 6.10 Å². The lowest BCUT2D eigenvalue weighted by molar-refractivity contribution is 0.0398. The number of aliphatic hydroxyl groups excluding tert-OH is 1. The summed E-state index contributed by atoms with van der Waals surface area (Å²) in [5, 5.41) is 9.86. The molecule has 122 valence electrons. The summed E-state index contributed by atoms with van der Waals surface area (Å²) in [6.45, 7) is 4.00. The molecule has 0 bridgehead atoms. The fourth-order valence-corrected chi connectivity index (χ4v) is 3.62. The van der Waals surface area contributed by atoms with Crippen LogP contribution in [0.25, 0.3) is 0 Å². The zero-order valence-corrected chi connectivity index (χ0v) is 13.6. The Morgan fingerprint density at radius 1 is 1.09 bits per heavy atom. The van der Waals surface area contributed by atoms with Crippen molar-refractivity contribution in [2.45, 2.75) is 37.8 Å². The molecule has 2 aliphatic rings. The van der Waals surface area contributed by atoms with Crippen LogP contribution in [0.5, 0.6) is 0 Å². The lowest BCUT2D eigenvalue weighted by Crippen LogP contribution is -2.50. The number of anilines is 2. The smallest absolute Gasteiger partial charge is 0.171 e. The molecule has 3 rings (SSSR count). The molecule has 2 aliphatic heterocycles. The molecule has 1 N–H and O–H groups in total. The Morgan fingerprint density at radius 2 is 1.82 bits per heavy atom. The third-order valence-corrected chi connectivity index (χ3v) is 4.79. The van der Waals surface area contributed by atoms with Crippen LogP contribution in [0, 0.1) is 0 Å². The van der Waals surface area contributed by atoms with Gasteiger partial charge in [-0.1, -0.05) is 0 Å². The summed E-state index contributed by atoms with van der Waals surface area (Å²) in [6, 6.07) is 0.602. The van der Waals surface area contributed by atoms with Crippen molar-refractivity contribution in [2.75, 3.05) is 50.1 Å². The van der Waals surface area contributed by atoms with E-state index in [1.165, 1.54) is 0 Å². The normalized spacial score (nSPS) is 24.5. The molecule has 22 heavy (non-hydrogen) atoms. The number of β-amino-alcohol motifs (C(OH)–C–C–N with tert-alkyl or cyclic N) is 1. The van der Waals surface area contributed by atoms with E-state index in [1.807, 2.05) is 19.0 Å². The molecule has 0 radical (unpaired) electrons. The van der Waals surface area contributed by atoms with E-state index in [1.54, 1.807) is 12.4 Å². The quantitative estimate of drug-likeness (QED) is 0.898. The molecule has 6 nitrogen and oxygen atoms in total. The van der Waals surface area contributed by atoms with Gasteiger partial charge < -0.3 is 14.9 Å². The predicted molar refractivity (Wildman–Crippen MR) is 88.4 cm³/mol. The number of likely N-dealkylation sites (tertiary alicyclic amines) is 1. The summed E-state index contributed by atoms with van der Waals surface area (Å²) in [5.41, 5.74) is 0. The van der Waals surface area contributed by atoms with E-state index < -0.39 is 0 Å². The summed E-state index contributed by atoms with van der Waals surface area (Å²) in [6.07, 6.45) is 7.74. The van der Waals surface area contributed by atoms with Gasteiger partial charge in [0, 0.05) is 52.2 Å². The van der Waals surface area contributed by atoms with Crippen LogP contribution < -0.4 is 9.80 Å². The third kappa shape index (κ3) is 3.33. The minimum atomic E-state index is -0.132. The second-order valence-electron chi connectivity index (χ2n) is 6.61. The van der Waals surface area contributed by atoms with Crippen LogP contribution in [-0.4, -0.2) is 72.4 Å². The van der Waals surface area contributed by atoms with Crippen LogP contribution in [0.3, 0.4) is 0 Å². The van der Waals surface area contributed by atoms with Gasteiger partial charge >= 0.3 is 0 Å². The topological polar surface area (TPSA) is 55.7 Å². The van der Waals surface area contributed by atoms with Crippen molar-refractivity contribution in [3.63, 3.8) is 0 Å². The minimum absolute atomic E-state index is 0.132. The molecule has 3 heterocycles.